The Balaban J connectivity index is 1.80. The van der Waals surface area contributed by atoms with E-state index in [1.807, 2.05) is 6.92 Å². The fourth-order valence-corrected chi connectivity index (χ4v) is 3.88. The van der Waals surface area contributed by atoms with Crippen molar-refractivity contribution in [2.24, 2.45) is 0 Å². The van der Waals surface area contributed by atoms with Gasteiger partial charge in [-0.15, -0.1) is 0 Å². The molecule has 8 heteroatoms. The summed E-state index contributed by atoms with van der Waals surface area (Å²) in [5.74, 6) is -0.632. The van der Waals surface area contributed by atoms with Gasteiger partial charge in [-0.05, 0) is 49.7 Å². The van der Waals surface area contributed by atoms with Crippen LogP contribution in [0.4, 0.5) is 5.69 Å². The van der Waals surface area contributed by atoms with Crippen molar-refractivity contribution in [3.8, 4) is 0 Å². The SMILES string of the molecule is CCC(C)NS(=O)(=O)c1ccc(NC(=O)c2cc3ccccc3oc2=O)cc1. The highest BCUT2D eigenvalue weighted by atomic mass is 32.2. The summed E-state index contributed by atoms with van der Waals surface area (Å²) in [7, 11) is -3.63. The first-order valence-corrected chi connectivity index (χ1v) is 10.2. The van der Waals surface area contributed by atoms with Gasteiger partial charge in [0, 0.05) is 17.1 Å². The number of sulfonamides is 1. The highest BCUT2D eigenvalue weighted by Gasteiger charge is 2.17. The topological polar surface area (TPSA) is 105 Å². The van der Waals surface area contributed by atoms with Gasteiger partial charge in [0.05, 0.1) is 4.90 Å². The normalized spacial score (nSPS) is 12.6. The summed E-state index contributed by atoms with van der Waals surface area (Å²) < 4.78 is 32.3. The van der Waals surface area contributed by atoms with Crippen LogP contribution in [0.2, 0.25) is 0 Å². The first-order chi connectivity index (χ1) is 13.3. The van der Waals surface area contributed by atoms with Crippen molar-refractivity contribution in [3.63, 3.8) is 0 Å². The molecule has 0 aliphatic carbocycles. The lowest BCUT2D eigenvalue weighted by atomic mass is 10.1. The van der Waals surface area contributed by atoms with E-state index in [-0.39, 0.29) is 16.5 Å². The van der Waals surface area contributed by atoms with Crippen LogP contribution >= 0.6 is 0 Å². The third kappa shape index (κ3) is 4.29. The van der Waals surface area contributed by atoms with Crippen molar-refractivity contribution in [1.82, 2.24) is 4.72 Å². The van der Waals surface area contributed by atoms with E-state index in [1.165, 1.54) is 30.3 Å². The van der Waals surface area contributed by atoms with Gasteiger partial charge >= 0.3 is 5.63 Å². The van der Waals surface area contributed by atoms with E-state index in [0.29, 0.717) is 23.1 Å². The fraction of sp³-hybridized carbons (Fsp3) is 0.200. The van der Waals surface area contributed by atoms with Crippen LogP contribution in [-0.4, -0.2) is 20.4 Å². The second-order valence-electron chi connectivity index (χ2n) is 6.39. The summed E-state index contributed by atoms with van der Waals surface area (Å²) in [6.07, 6.45) is 0.668. The first kappa shape index (κ1) is 19.8. The zero-order valence-electron chi connectivity index (χ0n) is 15.4. The molecule has 2 aromatic carbocycles. The van der Waals surface area contributed by atoms with Gasteiger partial charge in [0.25, 0.3) is 5.91 Å². The minimum atomic E-state index is -3.63. The monoisotopic (exact) mass is 400 g/mol. The summed E-state index contributed by atoms with van der Waals surface area (Å²) in [6.45, 7) is 3.66. The molecule has 0 bridgehead atoms. The van der Waals surface area contributed by atoms with Crippen molar-refractivity contribution in [1.29, 1.82) is 0 Å². The van der Waals surface area contributed by atoms with Gasteiger partial charge < -0.3 is 9.73 Å². The van der Waals surface area contributed by atoms with Crippen LogP contribution in [-0.2, 0) is 10.0 Å². The number of hydrogen-bond acceptors (Lipinski definition) is 5. The van der Waals surface area contributed by atoms with Gasteiger partial charge in [-0.3, -0.25) is 4.79 Å². The zero-order chi connectivity index (χ0) is 20.3. The molecule has 0 saturated carbocycles. The maximum atomic E-state index is 12.4. The van der Waals surface area contributed by atoms with Crippen molar-refractivity contribution in [2.45, 2.75) is 31.2 Å². The van der Waals surface area contributed by atoms with Crippen LogP contribution in [0.5, 0.6) is 0 Å². The quantitative estimate of drug-likeness (QED) is 0.619. The van der Waals surface area contributed by atoms with E-state index in [1.54, 1.807) is 31.2 Å². The summed E-state index contributed by atoms with van der Waals surface area (Å²) in [5, 5.41) is 3.21. The Kier molecular flexibility index (Phi) is 5.62. The lowest BCUT2D eigenvalue weighted by molar-refractivity contribution is 0.102. The number of benzene rings is 2. The van der Waals surface area contributed by atoms with E-state index < -0.39 is 21.6 Å². The molecule has 28 heavy (non-hydrogen) atoms. The van der Waals surface area contributed by atoms with Crippen LogP contribution in [0.1, 0.15) is 30.6 Å². The van der Waals surface area contributed by atoms with Crippen LogP contribution < -0.4 is 15.7 Å². The molecule has 0 fully saturated rings. The van der Waals surface area contributed by atoms with Crippen molar-refractivity contribution >= 4 is 32.6 Å². The van der Waals surface area contributed by atoms with Gasteiger partial charge in [-0.2, -0.15) is 0 Å². The van der Waals surface area contributed by atoms with Crippen LogP contribution in [0, 0.1) is 0 Å². The minimum absolute atomic E-state index is 0.0935. The van der Waals surface area contributed by atoms with Gasteiger partial charge in [0.2, 0.25) is 10.0 Å². The molecule has 0 radical (unpaired) electrons. The molecule has 0 aliphatic heterocycles. The molecule has 146 valence electrons. The van der Waals surface area contributed by atoms with Gasteiger partial charge in [0.15, 0.2) is 0 Å². The molecule has 2 N–H and O–H groups in total. The number of carbonyl (C=O) groups excluding carboxylic acids is 1. The van der Waals surface area contributed by atoms with E-state index in [9.17, 15) is 18.0 Å². The minimum Gasteiger partial charge on any atom is -0.422 e. The molecule has 0 spiro atoms. The van der Waals surface area contributed by atoms with Crippen LogP contribution in [0.15, 0.2) is 68.7 Å². The van der Waals surface area contributed by atoms with Gasteiger partial charge in [-0.25, -0.2) is 17.9 Å². The molecule has 1 unspecified atom stereocenters. The number of carbonyl (C=O) groups is 1. The van der Waals surface area contributed by atoms with E-state index in [4.69, 9.17) is 4.42 Å². The second kappa shape index (κ2) is 7.95. The number of rotatable bonds is 6. The molecule has 0 aliphatic rings. The zero-order valence-corrected chi connectivity index (χ0v) is 16.2. The number of fused-ring (bicyclic) bond motifs is 1. The Hall–Kier alpha value is -2.97. The molecule has 0 saturated heterocycles. The lowest BCUT2D eigenvalue weighted by Gasteiger charge is -2.12. The van der Waals surface area contributed by atoms with E-state index in [2.05, 4.69) is 10.0 Å². The summed E-state index contributed by atoms with van der Waals surface area (Å²) in [4.78, 5) is 24.6. The molecule has 1 amide bonds. The van der Waals surface area contributed by atoms with Crippen LogP contribution in [0.25, 0.3) is 11.0 Å². The van der Waals surface area contributed by atoms with Gasteiger partial charge in [-0.1, -0.05) is 25.1 Å². The number of para-hydroxylation sites is 1. The Bertz CT molecular complexity index is 1170. The predicted octanol–water partition coefficient (Wildman–Crippen LogP) is 3.12. The molecule has 1 heterocycles. The molecule has 3 rings (SSSR count). The Labute approximate surface area is 162 Å². The molecule has 3 aromatic rings. The Morgan fingerprint density at radius 1 is 1.11 bits per heavy atom. The first-order valence-electron chi connectivity index (χ1n) is 8.77. The van der Waals surface area contributed by atoms with E-state index in [0.717, 1.165) is 0 Å². The van der Waals surface area contributed by atoms with Crippen molar-refractivity contribution in [2.75, 3.05) is 5.32 Å². The molecular formula is C20H20N2O5S. The molecule has 1 atom stereocenters. The van der Waals surface area contributed by atoms with Gasteiger partial charge in [0.1, 0.15) is 11.1 Å². The molecule has 7 nitrogen and oxygen atoms in total. The lowest BCUT2D eigenvalue weighted by Crippen LogP contribution is -2.31. The summed E-state index contributed by atoms with van der Waals surface area (Å²) in [6, 6.07) is 13.9. The highest BCUT2D eigenvalue weighted by molar-refractivity contribution is 7.89. The largest absolute Gasteiger partial charge is 0.422 e. The number of anilines is 1. The summed E-state index contributed by atoms with van der Waals surface area (Å²) >= 11 is 0. The van der Waals surface area contributed by atoms with Crippen molar-refractivity contribution in [3.05, 3.63) is 70.6 Å². The Morgan fingerprint density at radius 3 is 2.46 bits per heavy atom. The maximum Gasteiger partial charge on any atom is 0.349 e. The fourth-order valence-electron chi connectivity index (χ4n) is 2.55. The van der Waals surface area contributed by atoms with E-state index >= 15 is 0 Å². The van der Waals surface area contributed by atoms with Crippen LogP contribution in [0.3, 0.4) is 0 Å². The average Bonchev–Trinajstić information content (AvgIpc) is 2.67. The maximum absolute atomic E-state index is 12.4. The van der Waals surface area contributed by atoms with Crippen molar-refractivity contribution < 1.29 is 17.6 Å². The number of amides is 1. The Morgan fingerprint density at radius 2 is 1.79 bits per heavy atom. The number of hydrogen-bond donors (Lipinski definition) is 2. The summed E-state index contributed by atoms with van der Waals surface area (Å²) in [5.41, 5.74) is -0.116. The standard InChI is InChI=1S/C20H20N2O5S/c1-3-13(2)22-28(25,26)16-10-8-15(9-11-16)21-19(23)17-12-14-6-4-5-7-18(14)27-20(17)24/h4-13,22H,3H2,1-2H3,(H,21,23). The third-order valence-corrected chi connectivity index (χ3v) is 5.88. The molecular weight excluding hydrogens is 380 g/mol. The third-order valence-electron chi connectivity index (χ3n) is 4.28. The second-order valence-corrected chi connectivity index (χ2v) is 8.11. The highest BCUT2D eigenvalue weighted by Crippen LogP contribution is 2.17. The number of nitrogens with one attached hydrogen (secondary N) is 2. The average molecular weight is 400 g/mol. The predicted molar refractivity (Wildman–Crippen MR) is 107 cm³/mol. The molecule has 1 aromatic heterocycles. The smallest absolute Gasteiger partial charge is 0.349 e.